The molecule has 0 spiro atoms. The topological polar surface area (TPSA) is 21.3 Å². The molecule has 14 aromatic rings. The Morgan fingerprint density at radius 1 is 0.314 bits per heavy atom. The number of furan rings is 1. The highest BCUT2D eigenvalue weighted by molar-refractivity contribution is 7.25. The van der Waals surface area contributed by atoms with Gasteiger partial charge in [0, 0.05) is 70.0 Å². The van der Waals surface area contributed by atoms with Crippen LogP contribution in [0, 0.1) is 0 Å². The second kappa shape index (κ2) is 16.4. The van der Waals surface area contributed by atoms with Gasteiger partial charge in [-0.05, 0) is 130 Å². The normalized spacial score (nSPS) is 11.7. The van der Waals surface area contributed by atoms with E-state index in [2.05, 4.69) is 258 Å². The number of anilines is 3. The summed E-state index contributed by atoms with van der Waals surface area (Å²) in [7, 11) is 0. The van der Waals surface area contributed by atoms with Gasteiger partial charge in [-0.1, -0.05) is 164 Å². The van der Waals surface area contributed by atoms with Gasteiger partial charge in [0.15, 0.2) is 0 Å². The summed E-state index contributed by atoms with van der Waals surface area (Å²) in [5, 5.41) is 7.38. The van der Waals surface area contributed by atoms with Crippen LogP contribution in [0.1, 0.15) is 0 Å². The third kappa shape index (κ3) is 6.72. The van der Waals surface area contributed by atoms with Gasteiger partial charge in [-0.2, -0.15) is 0 Å². The molecule has 3 heterocycles. The maximum Gasteiger partial charge on any atom is 0.143 e. The monoisotopic (exact) mass is 910 g/mol. The molecule has 0 bridgehead atoms. The van der Waals surface area contributed by atoms with Crippen molar-refractivity contribution in [2.45, 2.75) is 0 Å². The first kappa shape index (κ1) is 40.1. The molecular weight excluding hydrogens is 869 g/mol. The molecule has 0 saturated carbocycles. The SMILES string of the molecule is c1ccc(-c2cccc3c2oc2ccc(-c4ccc(N(c5ccc(-c6cccc(-n7c8ccccc8c8ccccc87)c6)cc5)c5ccc(-c6ccc7sc8ccccc8c7c6)cc5)cc4)cc23)cc1. The Kier molecular flexibility index (Phi) is 9.39. The number of rotatable bonds is 8. The van der Waals surface area contributed by atoms with Crippen molar-refractivity contribution >= 4 is 92.3 Å². The molecule has 11 aromatic carbocycles. The maximum absolute atomic E-state index is 6.53. The van der Waals surface area contributed by atoms with E-state index in [0.717, 1.165) is 72.5 Å². The Morgan fingerprint density at radius 3 is 1.46 bits per heavy atom. The van der Waals surface area contributed by atoms with E-state index in [9.17, 15) is 0 Å². The van der Waals surface area contributed by atoms with Crippen molar-refractivity contribution in [3.63, 3.8) is 0 Å². The summed E-state index contributed by atoms with van der Waals surface area (Å²) in [6.45, 7) is 0. The number of nitrogens with zero attached hydrogens (tertiary/aromatic N) is 2. The summed E-state index contributed by atoms with van der Waals surface area (Å²) in [6.07, 6.45) is 0. The van der Waals surface area contributed by atoms with Gasteiger partial charge in [-0.3, -0.25) is 0 Å². The standard InChI is InChI=1S/C66H42N2OS/c1-2-12-46(13-3-1)54-19-11-20-58-59-41-48(30-38-63(59)69-66(54)58)44-26-34-51(35-27-44)67(52-36-28-45(29-37-52)49-31-39-65-60(42-49)57-18-6-9-23-64(57)70-65)50-32-24-43(25-33-50)47-14-10-15-53(40-47)68-61-21-7-4-16-55(61)56-17-5-8-22-62(56)68/h1-42H. The van der Waals surface area contributed by atoms with Crippen LogP contribution in [-0.4, -0.2) is 4.57 Å². The van der Waals surface area contributed by atoms with Crippen molar-refractivity contribution < 1.29 is 4.42 Å². The molecule has 0 amide bonds. The van der Waals surface area contributed by atoms with Crippen molar-refractivity contribution in [2.24, 2.45) is 0 Å². The molecule has 3 nitrogen and oxygen atoms in total. The van der Waals surface area contributed by atoms with Crippen LogP contribution in [-0.2, 0) is 0 Å². The van der Waals surface area contributed by atoms with E-state index in [1.54, 1.807) is 0 Å². The van der Waals surface area contributed by atoms with E-state index in [1.807, 2.05) is 17.4 Å². The van der Waals surface area contributed by atoms with Gasteiger partial charge < -0.3 is 13.9 Å². The van der Waals surface area contributed by atoms with E-state index in [4.69, 9.17) is 4.42 Å². The largest absolute Gasteiger partial charge is 0.455 e. The quantitative estimate of drug-likeness (QED) is 0.151. The highest BCUT2D eigenvalue weighted by Gasteiger charge is 2.18. The van der Waals surface area contributed by atoms with Gasteiger partial charge in [0.25, 0.3) is 0 Å². The summed E-state index contributed by atoms with van der Waals surface area (Å²) >= 11 is 1.86. The highest BCUT2D eigenvalue weighted by Crippen LogP contribution is 2.42. The van der Waals surface area contributed by atoms with Crippen LogP contribution in [0.15, 0.2) is 259 Å². The number of fused-ring (bicyclic) bond motifs is 9. The molecule has 0 aliphatic rings. The van der Waals surface area contributed by atoms with E-state index < -0.39 is 0 Å². The number of thiophene rings is 1. The lowest BCUT2D eigenvalue weighted by Crippen LogP contribution is -2.09. The molecule has 70 heavy (non-hydrogen) atoms. The molecule has 0 unspecified atom stereocenters. The first-order valence-electron chi connectivity index (χ1n) is 23.8. The fourth-order valence-electron chi connectivity index (χ4n) is 10.6. The van der Waals surface area contributed by atoms with Crippen LogP contribution in [0.2, 0.25) is 0 Å². The Labute approximate surface area is 409 Å². The predicted molar refractivity (Wildman–Crippen MR) is 297 cm³/mol. The average molecular weight is 911 g/mol. The zero-order chi connectivity index (χ0) is 46.1. The number of para-hydroxylation sites is 3. The first-order chi connectivity index (χ1) is 34.7. The van der Waals surface area contributed by atoms with Gasteiger partial charge >= 0.3 is 0 Å². The minimum atomic E-state index is 0.888. The van der Waals surface area contributed by atoms with Crippen molar-refractivity contribution in [1.29, 1.82) is 0 Å². The fourth-order valence-corrected chi connectivity index (χ4v) is 11.7. The second-order valence-electron chi connectivity index (χ2n) is 18.1. The summed E-state index contributed by atoms with van der Waals surface area (Å²) in [5.74, 6) is 0. The van der Waals surface area contributed by atoms with E-state index >= 15 is 0 Å². The Bertz CT molecular complexity index is 4220. The highest BCUT2D eigenvalue weighted by atomic mass is 32.1. The zero-order valence-corrected chi connectivity index (χ0v) is 38.8. The lowest BCUT2D eigenvalue weighted by atomic mass is 9.99. The Hall–Kier alpha value is -8.96. The second-order valence-corrected chi connectivity index (χ2v) is 19.2. The fraction of sp³-hybridized carbons (Fsp3) is 0. The summed E-state index contributed by atoms with van der Waals surface area (Å²) in [6, 6.07) is 92.3. The molecule has 0 aliphatic heterocycles. The van der Waals surface area contributed by atoms with Crippen LogP contribution >= 0.6 is 11.3 Å². The van der Waals surface area contributed by atoms with Crippen LogP contribution in [0.3, 0.4) is 0 Å². The molecule has 0 fully saturated rings. The summed E-state index contributed by atoms with van der Waals surface area (Å²) in [5.41, 5.74) is 17.9. The van der Waals surface area contributed by atoms with Crippen molar-refractivity contribution in [2.75, 3.05) is 4.90 Å². The van der Waals surface area contributed by atoms with Crippen LogP contribution in [0.25, 0.3) is 114 Å². The van der Waals surface area contributed by atoms with E-state index in [0.29, 0.717) is 0 Å². The number of benzene rings is 11. The molecule has 3 aromatic heterocycles. The third-order valence-electron chi connectivity index (χ3n) is 14.0. The minimum Gasteiger partial charge on any atom is -0.455 e. The maximum atomic E-state index is 6.53. The number of aromatic nitrogens is 1. The van der Waals surface area contributed by atoms with Gasteiger partial charge in [-0.15, -0.1) is 11.3 Å². The van der Waals surface area contributed by atoms with E-state index in [-0.39, 0.29) is 0 Å². The van der Waals surface area contributed by atoms with Crippen molar-refractivity contribution in [3.05, 3.63) is 255 Å². The lowest BCUT2D eigenvalue weighted by Gasteiger charge is -2.26. The van der Waals surface area contributed by atoms with Crippen LogP contribution in [0.5, 0.6) is 0 Å². The third-order valence-corrected chi connectivity index (χ3v) is 15.2. The zero-order valence-electron chi connectivity index (χ0n) is 38.0. The molecule has 0 aliphatic carbocycles. The smallest absolute Gasteiger partial charge is 0.143 e. The molecule has 0 saturated heterocycles. The first-order valence-corrected chi connectivity index (χ1v) is 24.6. The summed E-state index contributed by atoms with van der Waals surface area (Å²) < 4.78 is 11.5. The van der Waals surface area contributed by atoms with Crippen molar-refractivity contribution in [3.8, 4) is 50.2 Å². The number of hydrogen-bond donors (Lipinski definition) is 0. The molecule has 4 heteroatoms. The number of hydrogen-bond acceptors (Lipinski definition) is 3. The molecule has 0 radical (unpaired) electrons. The van der Waals surface area contributed by atoms with Gasteiger partial charge in [0.2, 0.25) is 0 Å². The van der Waals surface area contributed by atoms with Gasteiger partial charge in [0.05, 0.1) is 11.0 Å². The van der Waals surface area contributed by atoms with Crippen LogP contribution in [0.4, 0.5) is 17.1 Å². The molecule has 328 valence electrons. The Balaban J connectivity index is 0.831. The lowest BCUT2D eigenvalue weighted by molar-refractivity contribution is 0.670. The van der Waals surface area contributed by atoms with Crippen LogP contribution < -0.4 is 4.90 Å². The Morgan fingerprint density at radius 2 is 0.800 bits per heavy atom. The molecule has 0 N–H and O–H groups in total. The molecular formula is C66H42N2OS. The molecule has 14 rings (SSSR count). The van der Waals surface area contributed by atoms with Gasteiger partial charge in [0.1, 0.15) is 11.2 Å². The van der Waals surface area contributed by atoms with Gasteiger partial charge in [-0.25, -0.2) is 0 Å². The minimum absolute atomic E-state index is 0.888. The molecule has 0 atom stereocenters. The van der Waals surface area contributed by atoms with Crippen molar-refractivity contribution in [1.82, 2.24) is 4.57 Å². The van der Waals surface area contributed by atoms with E-state index in [1.165, 1.54) is 58.7 Å². The summed E-state index contributed by atoms with van der Waals surface area (Å²) in [4.78, 5) is 2.36. The predicted octanol–water partition coefficient (Wildman–Crippen LogP) is 19.2. The average Bonchev–Trinajstić information content (AvgIpc) is 4.11.